The van der Waals surface area contributed by atoms with Gasteiger partial charge < -0.3 is 0 Å². The minimum Gasteiger partial charge on any atom is -0.272 e. The fourth-order valence-corrected chi connectivity index (χ4v) is 2.32. The number of aryl methyl sites for hydroxylation is 3. The van der Waals surface area contributed by atoms with Gasteiger partial charge in [0.25, 0.3) is 0 Å². The van der Waals surface area contributed by atoms with Crippen molar-refractivity contribution in [3.8, 4) is 0 Å². The third kappa shape index (κ3) is 3.88. The molecule has 0 radical (unpaired) electrons. The normalized spacial score (nSPS) is 12.6. The van der Waals surface area contributed by atoms with E-state index < -0.39 is 0 Å². The molecule has 0 aliphatic rings. The molecule has 20 heavy (non-hydrogen) atoms. The predicted molar refractivity (Wildman–Crippen MR) is 80.0 cm³/mol. The second-order valence-corrected chi connectivity index (χ2v) is 5.07. The van der Waals surface area contributed by atoms with Crippen molar-refractivity contribution in [1.82, 2.24) is 20.2 Å². The Balaban J connectivity index is 1.93. The van der Waals surface area contributed by atoms with E-state index in [1.807, 2.05) is 36.3 Å². The molecule has 0 amide bonds. The van der Waals surface area contributed by atoms with Crippen LogP contribution in [0.1, 0.15) is 30.3 Å². The highest BCUT2D eigenvalue weighted by atomic mass is 15.3. The van der Waals surface area contributed by atoms with Crippen LogP contribution in [0.25, 0.3) is 0 Å². The molecular weight excluding hydrogens is 250 g/mol. The Labute approximate surface area is 120 Å². The first kappa shape index (κ1) is 14.7. The fraction of sp³-hybridized carbons (Fsp3) is 0.467. The van der Waals surface area contributed by atoms with Crippen LogP contribution in [0.15, 0.2) is 30.6 Å². The maximum absolute atomic E-state index is 5.68. The van der Waals surface area contributed by atoms with Gasteiger partial charge in [-0.1, -0.05) is 6.92 Å². The third-order valence-corrected chi connectivity index (χ3v) is 3.61. The Kier molecular flexibility index (Phi) is 5.26. The molecule has 1 unspecified atom stereocenters. The van der Waals surface area contributed by atoms with Gasteiger partial charge in [-0.25, -0.2) is 0 Å². The highest BCUT2D eigenvalue weighted by Gasteiger charge is 2.12. The van der Waals surface area contributed by atoms with E-state index in [4.69, 9.17) is 5.84 Å². The molecule has 0 saturated carbocycles. The summed E-state index contributed by atoms with van der Waals surface area (Å²) in [6.07, 6.45) is 7.50. The number of nitrogens with zero attached hydrogens (tertiary/aromatic N) is 3. The zero-order chi connectivity index (χ0) is 14.4. The molecule has 0 fully saturated rings. The minimum absolute atomic E-state index is 0.253. The van der Waals surface area contributed by atoms with Gasteiger partial charge in [0.05, 0.1) is 5.69 Å². The van der Waals surface area contributed by atoms with Crippen LogP contribution in [0, 0.1) is 0 Å². The molecule has 2 aromatic rings. The summed E-state index contributed by atoms with van der Waals surface area (Å²) in [6, 6.07) is 6.51. The van der Waals surface area contributed by atoms with Crippen LogP contribution in [0.5, 0.6) is 0 Å². The smallest absolute Gasteiger partial charge is 0.0624 e. The van der Waals surface area contributed by atoms with Crippen molar-refractivity contribution < 1.29 is 0 Å². The molecule has 0 aromatic carbocycles. The van der Waals surface area contributed by atoms with Gasteiger partial charge in [-0.05, 0) is 43.0 Å². The Morgan fingerprint density at radius 2 is 2.10 bits per heavy atom. The lowest BCUT2D eigenvalue weighted by Gasteiger charge is -2.15. The molecule has 0 aliphatic carbocycles. The van der Waals surface area contributed by atoms with Crippen LogP contribution in [0.3, 0.4) is 0 Å². The van der Waals surface area contributed by atoms with Crippen LogP contribution in [-0.2, 0) is 26.3 Å². The average Bonchev–Trinajstić information content (AvgIpc) is 2.84. The van der Waals surface area contributed by atoms with Gasteiger partial charge in [-0.3, -0.25) is 20.9 Å². The Hall–Kier alpha value is -1.72. The minimum atomic E-state index is 0.253. The van der Waals surface area contributed by atoms with Gasteiger partial charge in [-0.15, -0.1) is 0 Å². The molecular formula is C15H23N5. The Bertz CT molecular complexity index is 520. The number of aromatic nitrogens is 3. The first-order valence-electron chi connectivity index (χ1n) is 7.09. The zero-order valence-electron chi connectivity index (χ0n) is 12.2. The monoisotopic (exact) mass is 273 g/mol. The number of hydrazine groups is 1. The second kappa shape index (κ2) is 7.17. The fourth-order valence-electron chi connectivity index (χ4n) is 2.32. The number of pyridine rings is 1. The van der Waals surface area contributed by atoms with Crippen molar-refractivity contribution in [2.24, 2.45) is 12.9 Å². The van der Waals surface area contributed by atoms with Gasteiger partial charge in [0.2, 0.25) is 0 Å². The average molecular weight is 273 g/mol. The van der Waals surface area contributed by atoms with Crippen LogP contribution in [0.2, 0.25) is 0 Å². The van der Waals surface area contributed by atoms with Gasteiger partial charge in [-0.2, -0.15) is 5.10 Å². The van der Waals surface area contributed by atoms with E-state index in [2.05, 4.69) is 28.5 Å². The molecule has 0 aliphatic heterocycles. The largest absolute Gasteiger partial charge is 0.272 e. The highest BCUT2D eigenvalue weighted by Crippen LogP contribution is 2.11. The first-order chi connectivity index (χ1) is 9.72. The molecule has 108 valence electrons. The lowest BCUT2D eigenvalue weighted by molar-refractivity contribution is 0.477. The van der Waals surface area contributed by atoms with E-state index in [1.165, 1.54) is 11.3 Å². The predicted octanol–water partition coefficient (Wildman–Crippen LogP) is 1.38. The molecule has 5 heteroatoms. The van der Waals surface area contributed by atoms with Gasteiger partial charge >= 0.3 is 0 Å². The van der Waals surface area contributed by atoms with Crippen molar-refractivity contribution in [2.75, 3.05) is 0 Å². The van der Waals surface area contributed by atoms with Gasteiger partial charge in [0.15, 0.2) is 0 Å². The summed E-state index contributed by atoms with van der Waals surface area (Å²) in [6.45, 7) is 2.12. The van der Waals surface area contributed by atoms with Crippen LogP contribution < -0.4 is 11.3 Å². The summed E-state index contributed by atoms with van der Waals surface area (Å²) in [5.74, 6) is 5.68. The summed E-state index contributed by atoms with van der Waals surface area (Å²) in [5.41, 5.74) is 6.56. The van der Waals surface area contributed by atoms with Crippen LogP contribution in [-0.4, -0.2) is 20.8 Å². The Morgan fingerprint density at radius 1 is 1.35 bits per heavy atom. The zero-order valence-corrected chi connectivity index (χ0v) is 12.2. The third-order valence-electron chi connectivity index (χ3n) is 3.61. The van der Waals surface area contributed by atoms with E-state index in [0.29, 0.717) is 0 Å². The summed E-state index contributed by atoms with van der Waals surface area (Å²) >= 11 is 0. The molecule has 5 nitrogen and oxygen atoms in total. The van der Waals surface area contributed by atoms with Crippen molar-refractivity contribution in [3.05, 3.63) is 47.5 Å². The SMILES string of the molecule is CCc1cc(CC(CCc2ccncc2)NN)n(C)n1. The maximum atomic E-state index is 5.68. The summed E-state index contributed by atoms with van der Waals surface area (Å²) in [5, 5.41) is 4.47. The van der Waals surface area contributed by atoms with E-state index >= 15 is 0 Å². The van der Waals surface area contributed by atoms with Gasteiger partial charge in [0.1, 0.15) is 0 Å². The van der Waals surface area contributed by atoms with Crippen molar-refractivity contribution in [1.29, 1.82) is 0 Å². The highest BCUT2D eigenvalue weighted by molar-refractivity contribution is 5.13. The van der Waals surface area contributed by atoms with Crippen molar-refractivity contribution in [3.63, 3.8) is 0 Å². The van der Waals surface area contributed by atoms with Crippen molar-refractivity contribution in [2.45, 2.75) is 38.6 Å². The maximum Gasteiger partial charge on any atom is 0.0624 e. The first-order valence-corrected chi connectivity index (χ1v) is 7.09. The molecule has 2 rings (SSSR count). The van der Waals surface area contributed by atoms with E-state index in [1.54, 1.807) is 0 Å². The molecule has 2 heterocycles. The number of hydrogen-bond donors (Lipinski definition) is 2. The molecule has 2 aromatic heterocycles. The second-order valence-electron chi connectivity index (χ2n) is 5.07. The Morgan fingerprint density at radius 3 is 2.70 bits per heavy atom. The number of rotatable bonds is 7. The molecule has 3 N–H and O–H groups in total. The van der Waals surface area contributed by atoms with Crippen LogP contribution >= 0.6 is 0 Å². The standard InChI is InChI=1S/C15H23N5/c1-3-13-10-15(20(2)19-13)11-14(18-16)5-4-12-6-8-17-9-7-12/h6-10,14,18H,3-5,11,16H2,1-2H3. The molecule has 0 spiro atoms. The number of nitrogens with two attached hydrogens (primary N) is 1. The van der Waals surface area contributed by atoms with E-state index in [-0.39, 0.29) is 6.04 Å². The van der Waals surface area contributed by atoms with Crippen molar-refractivity contribution >= 4 is 0 Å². The van der Waals surface area contributed by atoms with Crippen LogP contribution in [0.4, 0.5) is 0 Å². The quantitative estimate of drug-likeness (QED) is 0.591. The van der Waals surface area contributed by atoms with Gasteiger partial charge in [0, 0.05) is 37.6 Å². The lowest BCUT2D eigenvalue weighted by atomic mass is 10.0. The molecule has 1 atom stereocenters. The number of nitrogens with one attached hydrogen (secondary N) is 1. The summed E-state index contributed by atoms with van der Waals surface area (Å²) in [4.78, 5) is 4.03. The van der Waals surface area contributed by atoms with E-state index in [0.717, 1.165) is 31.4 Å². The lowest BCUT2D eigenvalue weighted by Crippen LogP contribution is -2.37. The summed E-state index contributed by atoms with van der Waals surface area (Å²) < 4.78 is 1.95. The molecule has 0 saturated heterocycles. The summed E-state index contributed by atoms with van der Waals surface area (Å²) in [7, 11) is 1.99. The molecule has 0 bridgehead atoms. The number of hydrogen-bond acceptors (Lipinski definition) is 4. The van der Waals surface area contributed by atoms with E-state index in [9.17, 15) is 0 Å². The topological polar surface area (TPSA) is 68.8 Å².